The van der Waals surface area contributed by atoms with Crippen LogP contribution in [0.2, 0.25) is 0 Å². The van der Waals surface area contributed by atoms with Crippen LogP contribution in [0.15, 0.2) is 72.8 Å². The Morgan fingerprint density at radius 2 is 1.56 bits per heavy atom. The van der Waals surface area contributed by atoms with Gasteiger partial charge < -0.3 is 19.7 Å². The van der Waals surface area contributed by atoms with E-state index in [2.05, 4.69) is 11.9 Å². The summed E-state index contributed by atoms with van der Waals surface area (Å²) in [6.45, 7) is 8.72. The molecule has 0 spiro atoms. The van der Waals surface area contributed by atoms with Crippen molar-refractivity contribution < 1.29 is 28.5 Å². The average molecular weight is 459 g/mol. The van der Waals surface area contributed by atoms with Crippen LogP contribution in [0.3, 0.4) is 0 Å². The molecule has 2 rings (SSSR count). The molecule has 2 atom stereocenters. The molecule has 7 nitrogen and oxygen atoms in total. The lowest BCUT2D eigenvalue weighted by atomic mass is 10.1. The number of amides is 1. The van der Waals surface area contributed by atoms with Crippen LogP contribution >= 0.6 is 7.37 Å². The zero-order valence-corrected chi connectivity index (χ0v) is 19.5. The van der Waals surface area contributed by atoms with E-state index in [1.807, 2.05) is 24.3 Å². The van der Waals surface area contributed by atoms with E-state index >= 15 is 0 Å². The van der Waals surface area contributed by atoms with Gasteiger partial charge in [-0.25, -0.2) is 9.59 Å². The largest absolute Gasteiger partial charge is 0.457 e. The summed E-state index contributed by atoms with van der Waals surface area (Å²) >= 11 is 0. The van der Waals surface area contributed by atoms with Crippen molar-refractivity contribution in [1.82, 2.24) is 5.32 Å². The number of carbonyl (C=O) groups is 2. The maximum absolute atomic E-state index is 13.2. The van der Waals surface area contributed by atoms with Gasteiger partial charge in [-0.15, -0.1) is 0 Å². The fourth-order valence-electron chi connectivity index (χ4n) is 2.83. The third-order valence-corrected chi connectivity index (χ3v) is 6.48. The van der Waals surface area contributed by atoms with Gasteiger partial charge in [-0.05, 0) is 31.9 Å². The van der Waals surface area contributed by atoms with Crippen LogP contribution in [0.25, 0.3) is 0 Å². The summed E-state index contributed by atoms with van der Waals surface area (Å²) in [6.07, 6.45) is -1.26. The molecule has 0 saturated heterocycles. The minimum Gasteiger partial charge on any atom is -0.457 e. The molecule has 0 radical (unpaired) electrons. The predicted octanol–water partition coefficient (Wildman–Crippen LogP) is 4.65. The number of hydrogen-bond donors (Lipinski definition) is 2. The lowest BCUT2D eigenvalue weighted by Crippen LogP contribution is -2.38. The highest BCUT2D eigenvalue weighted by molar-refractivity contribution is 7.59. The quantitative estimate of drug-likeness (QED) is 0.322. The smallest absolute Gasteiger partial charge is 0.408 e. The van der Waals surface area contributed by atoms with Crippen molar-refractivity contribution in [3.8, 4) is 0 Å². The molecule has 8 heteroatoms. The number of ether oxygens (including phenoxy) is 2. The number of alkyl carbamates (subject to hydrolysis) is 1. The number of nitrogens with one attached hydrogen (secondary N) is 1. The molecule has 1 unspecified atom stereocenters. The molecule has 0 fully saturated rings. The summed E-state index contributed by atoms with van der Waals surface area (Å²) in [6, 6.07) is 18.1. The van der Waals surface area contributed by atoms with E-state index in [-0.39, 0.29) is 18.6 Å². The monoisotopic (exact) mass is 459 g/mol. The minimum absolute atomic E-state index is 0.0189. The van der Waals surface area contributed by atoms with Gasteiger partial charge in [0.1, 0.15) is 18.0 Å². The Labute approximate surface area is 188 Å². The van der Waals surface area contributed by atoms with Crippen molar-refractivity contribution in [1.29, 1.82) is 0 Å². The average Bonchev–Trinajstić information content (AvgIpc) is 2.72. The summed E-state index contributed by atoms with van der Waals surface area (Å²) < 4.78 is 23.7. The Bertz CT molecular complexity index is 969. The molecule has 2 aromatic rings. The molecule has 2 N–H and O–H groups in total. The fraction of sp³-hybridized carbons (Fsp3) is 0.333. The molecule has 0 aliphatic rings. The lowest BCUT2D eigenvalue weighted by molar-refractivity contribution is -0.149. The highest BCUT2D eigenvalue weighted by atomic mass is 31.2. The SMILES string of the molecule is C=C(CP(=O)(O)[C@H](Cc1ccccc1)NC(=O)OCc1ccccc1)C(=O)OC(C)(C)C. The molecule has 0 saturated carbocycles. The fourth-order valence-corrected chi connectivity index (χ4v) is 4.53. The van der Waals surface area contributed by atoms with Crippen molar-refractivity contribution in [2.75, 3.05) is 6.16 Å². The molecule has 32 heavy (non-hydrogen) atoms. The lowest BCUT2D eigenvalue weighted by Gasteiger charge is -2.26. The number of hydrogen-bond acceptors (Lipinski definition) is 5. The summed E-state index contributed by atoms with van der Waals surface area (Å²) in [7, 11) is -4.11. The van der Waals surface area contributed by atoms with Crippen molar-refractivity contribution in [3.63, 3.8) is 0 Å². The van der Waals surface area contributed by atoms with E-state index in [0.717, 1.165) is 11.1 Å². The van der Waals surface area contributed by atoms with Gasteiger partial charge in [-0.1, -0.05) is 67.2 Å². The van der Waals surface area contributed by atoms with E-state index in [0.29, 0.717) is 0 Å². The first kappa shape index (κ1) is 25.4. The Kier molecular flexibility index (Phi) is 8.81. The zero-order chi connectivity index (χ0) is 23.8. The van der Waals surface area contributed by atoms with Crippen molar-refractivity contribution in [2.24, 2.45) is 0 Å². The minimum atomic E-state index is -4.11. The topological polar surface area (TPSA) is 102 Å². The standard InChI is InChI=1S/C24H30NO6P/c1-18(22(26)31-24(2,3)4)17-32(28,29)21(15-19-11-7-5-8-12-19)25-23(27)30-16-20-13-9-6-10-14-20/h5-14,21H,1,15-17H2,2-4H3,(H,25,27)(H,28,29)/t21-/m1/s1. The number of carbonyl (C=O) groups excluding carboxylic acids is 2. The van der Waals surface area contributed by atoms with Gasteiger partial charge in [0.15, 0.2) is 0 Å². The van der Waals surface area contributed by atoms with Crippen LogP contribution in [-0.2, 0) is 31.9 Å². The summed E-state index contributed by atoms with van der Waals surface area (Å²) in [4.78, 5) is 35.4. The van der Waals surface area contributed by atoms with Crippen LogP contribution in [0.5, 0.6) is 0 Å². The Morgan fingerprint density at radius 1 is 1.03 bits per heavy atom. The normalized spacial score (nSPS) is 14.0. The first-order chi connectivity index (χ1) is 15.0. The molecule has 1 amide bonds. The van der Waals surface area contributed by atoms with Crippen LogP contribution < -0.4 is 5.32 Å². The number of benzene rings is 2. The van der Waals surface area contributed by atoms with Crippen molar-refractivity contribution in [2.45, 2.75) is 45.2 Å². The Hall–Kier alpha value is -2.89. The first-order valence-electron chi connectivity index (χ1n) is 10.2. The van der Waals surface area contributed by atoms with Gasteiger partial charge in [0.25, 0.3) is 0 Å². The van der Waals surface area contributed by atoms with Crippen LogP contribution in [0, 0.1) is 0 Å². The van der Waals surface area contributed by atoms with E-state index in [1.165, 1.54) is 0 Å². The summed E-state index contributed by atoms with van der Waals surface area (Å²) in [5, 5.41) is 2.50. The summed E-state index contributed by atoms with van der Waals surface area (Å²) in [5.41, 5.74) is 0.636. The second kappa shape index (κ2) is 11.1. The highest BCUT2D eigenvalue weighted by Crippen LogP contribution is 2.48. The Morgan fingerprint density at radius 3 is 2.09 bits per heavy atom. The predicted molar refractivity (Wildman–Crippen MR) is 123 cm³/mol. The Balaban J connectivity index is 2.12. The molecular weight excluding hydrogens is 429 g/mol. The maximum Gasteiger partial charge on any atom is 0.408 e. The third kappa shape index (κ3) is 8.69. The molecule has 172 valence electrons. The van der Waals surface area contributed by atoms with Crippen LogP contribution in [0.1, 0.15) is 31.9 Å². The molecule has 0 aromatic heterocycles. The molecule has 0 bridgehead atoms. The summed E-state index contributed by atoms with van der Waals surface area (Å²) in [5.74, 6) is -1.93. The van der Waals surface area contributed by atoms with Gasteiger partial charge >= 0.3 is 12.1 Å². The number of esters is 1. The third-order valence-electron chi connectivity index (χ3n) is 4.36. The molecule has 0 aliphatic carbocycles. The van der Waals surface area contributed by atoms with Crippen molar-refractivity contribution in [3.05, 3.63) is 83.9 Å². The van der Waals surface area contributed by atoms with E-state index < -0.39 is 37.0 Å². The highest BCUT2D eigenvalue weighted by Gasteiger charge is 2.35. The van der Waals surface area contributed by atoms with Gasteiger partial charge in [0.05, 0.1) is 6.16 Å². The zero-order valence-electron chi connectivity index (χ0n) is 18.6. The van der Waals surface area contributed by atoms with Crippen LogP contribution in [-0.4, -0.2) is 34.5 Å². The molecule has 0 heterocycles. The van der Waals surface area contributed by atoms with Crippen LogP contribution in [0.4, 0.5) is 4.79 Å². The van der Waals surface area contributed by atoms with Gasteiger partial charge in [-0.2, -0.15) is 0 Å². The first-order valence-corrected chi connectivity index (χ1v) is 12.1. The molecular formula is C24H30NO6P. The van der Waals surface area contributed by atoms with E-state index in [9.17, 15) is 19.0 Å². The second-order valence-electron chi connectivity index (χ2n) is 8.43. The van der Waals surface area contributed by atoms with Gasteiger partial charge in [-0.3, -0.25) is 4.57 Å². The molecule has 2 aromatic carbocycles. The van der Waals surface area contributed by atoms with Gasteiger partial charge in [0, 0.05) is 12.0 Å². The van der Waals surface area contributed by atoms with E-state index in [4.69, 9.17) is 9.47 Å². The van der Waals surface area contributed by atoms with Crippen molar-refractivity contribution >= 4 is 19.4 Å². The maximum atomic E-state index is 13.2. The van der Waals surface area contributed by atoms with E-state index in [1.54, 1.807) is 57.2 Å². The molecule has 0 aliphatic heterocycles. The number of rotatable bonds is 9. The second-order valence-corrected chi connectivity index (χ2v) is 10.9. The van der Waals surface area contributed by atoms with Gasteiger partial charge in [0.2, 0.25) is 7.37 Å².